The van der Waals surface area contributed by atoms with Gasteiger partial charge in [0, 0.05) is 0 Å². The van der Waals surface area contributed by atoms with Crippen LogP contribution in [0, 0.1) is 0 Å². The van der Waals surface area contributed by atoms with Gasteiger partial charge in [0.1, 0.15) is 0 Å². The first-order chi connectivity index (χ1) is 4.31. The van der Waals surface area contributed by atoms with Gasteiger partial charge in [0.15, 0.2) is 0 Å². The van der Waals surface area contributed by atoms with Gasteiger partial charge in [0.25, 0.3) is 0 Å². The van der Waals surface area contributed by atoms with Crippen LogP contribution in [0.25, 0.3) is 0 Å². The maximum Gasteiger partial charge on any atom is 0.0648 e. The smallest absolute Gasteiger partial charge is 0.0648 e. The van der Waals surface area contributed by atoms with Crippen LogP contribution in [-0.4, -0.2) is 12.7 Å². The normalized spacial score (nSPS) is 13.1. The molecule has 0 heterocycles. The first-order valence-electron chi connectivity index (χ1n) is 3.53. The van der Waals surface area contributed by atoms with E-state index in [-0.39, 0.29) is 0 Å². The summed E-state index contributed by atoms with van der Waals surface area (Å²) in [6, 6.07) is 0. The van der Waals surface area contributed by atoms with E-state index in [1.54, 1.807) is 6.08 Å². The highest BCUT2D eigenvalue weighted by Gasteiger charge is 1.96. The van der Waals surface area contributed by atoms with Crippen LogP contribution in [0.5, 0.6) is 0 Å². The molecule has 9 heavy (non-hydrogen) atoms. The maximum atomic E-state index is 5.31. The van der Waals surface area contributed by atoms with E-state index in [2.05, 4.69) is 20.4 Å². The zero-order valence-electron chi connectivity index (χ0n) is 6.39. The summed E-state index contributed by atoms with van der Waals surface area (Å²) >= 11 is 0. The van der Waals surface area contributed by atoms with Crippen molar-refractivity contribution in [1.29, 1.82) is 0 Å². The zero-order valence-corrected chi connectivity index (χ0v) is 6.39. The molecule has 1 heteroatoms. The van der Waals surface area contributed by atoms with Crippen molar-refractivity contribution in [2.24, 2.45) is 0 Å². The molecule has 0 amide bonds. The van der Waals surface area contributed by atoms with Crippen LogP contribution in [0.15, 0.2) is 12.7 Å². The van der Waals surface area contributed by atoms with Gasteiger partial charge in [-0.2, -0.15) is 0 Å². The van der Waals surface area contributed by atoms with Gasteiger partial charge in [0.2, 0.25) is 0 Å². The predicted octanol–water partition coefficient (Wildman–Crippen LogP) is 2.38. The monoisotopic (exact) mass is 128 g/mol. The van der Waals surface area contributed by atoms with Crippen molar-refractivity contribution < 1.29 is 4.74 Å². The van der Waals surface area contributed by atoms with E-state index >= 15 is 0 Å². The molecule has 0 rings (SSSR count). The van der Waals surface area contributed by atoms with Crippen LogP contribution in [0.3, 0.4) is 0 Å². The van der Waals surface area contributed by atoms with E-state index in [0.717, 1.165) is 6.42 Å². The molecule has 0 saturated carbocycles. The third kappa shape index (κ3) is 5.57. The Morgan fingerprint density at radius 1 is 1.67 bits per heavy atom. The molecule has 0 fully saturated rings. The Kier molecular flexibility index (Phi) is 5.64. The van der Waals surface area contributed by atoms with Gasteiger partial charge in [0.05, 0.1) is 12.7 Å². The van der Waals surface area contributed by atoms with Crippen molar-refractivity contribution in [3.8, 4) is 0 Å². The zero-order chi connectivity index (χ0) is 7.11. The van der Waals surface area contributed by atoms with Crippen LogP contribution in [0.4, 0.5) is 0 Å². The van der Waals surface area contributed by atoms with E-state index in [1.165, 1.54) is 6.42 Å². The third-order valence-corrected chi connectivity index (χ3v) is 1.19. The second-order valence-corrected chi connectivity index (χ2v) is 2.22. The largest absolute Gasteiger partial charge is 0.374 e. The molecule has 0 N–H and O–H groups in total. The molecule has 0 aromatic heterocycles. The van der Waals surface area contributed by atoms with Crippen LogP contribution in [-0.2, 0) is 4.74 Å². The standard InChI is InChI=1S/C8H16O/c1-4-6-8(3)9-7-5-2/h5,8H,2,4,6-7H2,1,3H3. The van der Waals surface area contributed by atoms with Crippen molar-refractivity contribution in [1.82, 2.24) is 0 Å². The lowest BCUT2D eigenvalue weighted by Crippen LogP contribution is -2.06. The van der Waals surface area contributed by atoms with E-state index in [9.17, 15) is 0 Å². The molecule has 0 bridgehead atoms. The molecule has 0 saturated heterocycles. The molecule has 0 aromatic carbocycles. The van der Waals surface area contributed by atoms with Crippen molar-refractivity contribution in [3.05, 3.63) is 12.7 Å². The van der Waals surface area contributed by atoms with E-state index < -0.39 is 0 Å². The van der Waals surface area contributed by atoms with Gasteiger partial charge in [-0.3, -0.25) is 0 Å². The summed E-state index contributed by atoms with van der Waals surface area (Å²) in [5.41, 5.74) is 0. The minimum atomic E-state index is 0.396. The van der Waals surface area contributed by atoms with Crippen molar-refractivity contribution >= 4 is 0 Å². The van der Waals surface area contributed by atoms with Crippen LogP contribution in [0.1, 0.15) is 26.7 Å². The summed E-state index contributed by atoms with van der Waals surface area (Å²) < 4.78 is 5.31. The summed E-state index contributed by atoms with van der Waals surface area (Å²) in [6.45, 7) is 8.50. The first kappa shape index (κ1) is 8.70. The van der Waals surface area contributed by atoms with Gasteiger partial charge >= 0.3 is 0 Å². The molecular formula is C8H16O. The highest BCUT2D eigenvalue weighted by Crippen LogP contribution is 1.99. The Labute approximate surface area is 57.7 Å². The SMILES string of the molecule is C=CCOC(C)CCC. The number of hydrogen-bond donors (Lipinski definition) is 0. The Morgan fingerprint density at radius 2 is 2.33 bits per heavy atom. The minimum absolute atomic E-state index is 0.396. The lowest BCUT2D eigenvalue weighted by Gasteiger charge is -2.08. The summed E-state index contributed by atoms with van der Waals surface area (Å²) in [4.78, 5) is 0. The van der Waals surface area contributed by atoms with Gasteiger partial charge in [-0.15, -0.1) is 6.58 Å². The summed E-state index contributed by atoms with van der Waals surface area (Å²) in [5.74, 6) is 0. The first-order valence-corrected chi connectivity index (χ1v) is 3.53. The fraction of sp³-hybridized carbons (Fsp3) is 0.750. The lowest BCUT2D eigenvalue weighted by molar-refractivity contribution is 0.0815. The lowest BCUT2D eigenvalue weighted by atomic mass is 10.2. The third-order valence-electron chi connectivity index (χ3n) is 1.19. The Bertz CT molecular complexity index is 69.0. The maximum absolute atomic E-state index is 5.31. The number of rotatable bonds is 5. The van der Waals surface area contributed by atoms with Crippen LogP contribution in [0.2, 0.25) is 0 Å². The molecular weight excluding hydrogens is 112 g/mol. The molecule has 0 aromatic rings. The highest BCUT2D eigenvalue weighted by atomic mass is 16.5. The molecule has 1 nitrogen and oxygen atoms in total. The fourth-order valence-electron chi connectivity index (χ4n) is 0.722. The summed E-state index contributed by atoms with van der Waals surface area (Å²) in [6.07, 6.45) is 4.52. The second-order valence-electron chi connectivity index (χ2n) is 2.22. The quantitative estimate of drug-likeness (QED) is 0.516. The van der Waals surface area contributed by atoms with Gasteiger partial charge < -0.3 is 4.74 Å². The molecule has 0 aliphatic carbocycles. The molecule has 0 radical (unpaired) electrons. The van der Waals surface area contributed by atoms with Gasteiger partial charge in [-0.05, 0) is 13.3 Å². The number of ether oxygens (including phenoxy) is 1. The average molecular weight is 128 g/mol. The fourth-order valence-corrected chi connectivity index (χ4v) is 0.722. The van der Waals surface area contributed by atoms with Gasteiger partial charge in [-0.1, -0.05) is 19.4 Å². The molecule has 0 spiro atoms. The minimum Gasteiger partial charge on any atom is -0.374 e. The Balaban J connectivity index is 3.04. The second kappa shape index (κ2) is 5.83. The summed E-state index contributed by atoms with van der Waals surface area (Å²) in [5, 5.41) is 0. The predicted molar refractivity (Wildman–Crippen MR) is 40.5 cm³/mol. The highest BCUT2D eigenvalue weighted by molar-refractivity contribution is 4.65. The molecule has 1 atom stereocenters. The van der Waals surface area contributed by atoms with Crippen LogP contribution >= 0.6 is 0 Å². The van der Waals surface area contributed by atoms with E-state index in [0.29, 0.717) is 12.7 Å². The molecule has 0 aliphatic heterocycles. The summed E-state index contributed by atoms with van der Waals surface area (Å²) in [7, 11) is 0. The van der Waals surface area contributed by atoms with E-state index in [1.807, 2.05) is 0 Å². The van der Waals surface area contributed by atoms with Crippen molar-refractivity contribution in [2.45, 2.75) is 32.8 Å². The molecule has 54 valence electrons. The van der Waals surface area contributed by atoms with Crippen molar-refractivity contribution in [3.63, 3.8) is 0 Å². The van der Waals surface area contributed by atoms with Gasteiger partial charge in [-0.25, -0.2) is 0 Å². The topological polar surface area (TPSA) is 9.23 Å². The molecule has 1 unspecified atom stereocenters. The average Bonchev–Trinajstić information content (AvgIpc) is 1.85. The molecule has 0 aliphatic rings. The van der Waals surface area contributed by atoms with E-state index in [4.69, 9.17) is 4.74 Å². The van der Waals surface area contributed by atoms with Crippen molar-refractivity contribution in [2.75, 3.05) is 6.61 Å². The Morgan fingerprint density at radius 3 is 2.78 bits per heavy atom. The van der Waals surface area contributed by atoms with Crippen LogP contribution < -0.4 is 0 Å². The number of hydrogen-bond acceptors (Lipinski definition) is 1. The Hall–Kier alpha value is -0.300.